The molecule has 126 valence electrons. The van der Waals surface area contributed by atoms with Gasteiger partial charge in [0.25, 0.3) is 0 Å². The minimum absolute atomic E-state index is 0.0843. The van der Waals surface area contributed by atoms with E-state index < -0.39 is 0 Å². The molecule has 0 bridgehead atoms. The lowest BCUT2D eigenvalue weighted by Gasteiger charge is -2.32. The van der Waals surface area contributed by atoms with Crippen LogP contribution < -0.4 is 5.32 Å². The molecule has 1 atom stereocenters. The summed E-state index contributed by atoms with van der Waals surface area (Å²) >= 11 is 0. The second-order valence-corrected chi connectivity index (χ2v) is 6.61. The highest BCUT2D eigenvalue weighted by molar-refractivity contribution is 5.88. The van der Waals surface area contributed by atoms with Crippen LogP contribution in [0, 0.1) is 6.92 Å². The van der Waals surface area contributed by atoms with Gasteiger partial charge in [-0.05, 0) is 38.3 Å². The van der Waals surface area contributed by atoms with Crippen LogP contribution in [-0.2, 0) is 13.0 Å². The molecule has 4 rings (SSSR count). The molecule has 4 heterocycles. The summed E-state index contributed by atoms with van der Waals surface area (Å²) in [5, 5.41) is 11.6. The molecular formula is C17H22N6O. The third-order valence-electron chi connectivity index (χ3n) is 4.84. The number of anilines is 1. The van der Waals surface area contributed by atoms with Crippen LogP contribution in [0.15, 0.2) is 18.2 Å². The van der Waals surface area contributed by atoms with E-state index >= 15 is 0 Å². The molecule has 0 aromatic carbocycles. The molecule has 2 aliphatic heterocycles. The average Bonchev–Trinajstić information content (AvgIpc) is 3.18. The summed E-state index contributed by atoms with van der Waals surface area (Å²) in [6.45, 7) is 4.39. The molecule has 1 fully saturated rings. The Morgan fingerprint density at radius 2 is 2.17 bits per heavy atom. The molecule has 24 heavy (non-hydrogen) atoms. The van der Waals surface area contributed by atoms with Crippen molar-refractivity contribution in [1.29, 1.82) is 0 Å². The molecule has 7 nitrogen and oxygen atoms in total. The van der Waals surface area contributed by atoms with Crippen molar-refractivity contribution in [1.82, 2.24) is 24.6 Å². The molecule has 0 saturated carbocycles. The van der Waals surface area contributed by atoms with Crippen molar-refractivity contribution in [3.05, 3.63) is 35.5 Å². The van der Waals surface area contributed by atoms with Crippen LogP contribution in [0.1, 0.15) is 42.5 Å². The summed E-state index contributed by atoms with van der Waals surface area (Å²) in [7, 11) is 0. The Balaban J connectivity index is 1.45. The van der Waals surface area contributed by atoms with Crippen LogP contribution in [0.25, 0.3) is 0 Å². The van der Waals surface area contributed by atoms with E-state index in [-0.39, 0.29) is 11.9 Å². The first-order valence-electron chi connectivity index (χ1n) is 8.62. The number of piperidine rings is 1. The van der Waals surface area contributed by atoms with Crippen molar-refractivity contribution in [2.75, 3.05) is 18.4 Å². The number of urea groups is 1. The van der Waals surface area contributed by atoms with Gasteiger partial charge in [0.2, 0.25) is 0 Å². The first-order chi connectivity index (χ1) is 11.7. The van der Waals surface area contributed by atoms with Gasteiger partial charge in [-0.1, -0.05) is 6.07 Å². The molecule has 2 aromatic rings. The lowest BCUT2D eigenvalue weighted by molar-refractivity contribution is 0.190. The van der Waals surface area contributed by atoms with E-state index in [4.69, 9.17) is 0 Å². The van der Waals surface area contributed by atoms with Crippen LogP contribution in [0.2, 0.25) is 0 Å². The number of nitrogens with zero attached hydrogens (tertiary/aromatic N) is 5. The van der Waals surface area contributed by atoms with Gasteiger partial charge in [0.15, 0.2) is 0 Å². The van der Waals surface area contributed by atoms with Gasteiger partial charge >= 0.3 is 6.03 Å². The van der Waals surface area contributed by atoms with Crippen molar-refractivity contribution in [3.8, 4) is 0 Å². The Kier molecular flexibility index (Phi) is 3.92. The number of pyridine rings is 1. The fraction of sp³-hybridized carbons (Fsp3) is 0.529. The SMILES string of the molecule is Cc1cccc(NC(=O)N2CCC[C@@H](c3nnc4n3CCC4)C2)n1. The Morgan fingerprint density at radius 3 is 3.04 bits per heavy atom. The van der Waals surface area contributed by atoms with E-state index in [2.05, 4.69) is 25.1 Å². The summed E-state index contributed by atoms with van der Waals surface area (Å²) in [5.41, 5.74) is 0.892. The zero-order chi connectivity index (χ0) is 16.5. The zero-order valence-electron chi connectivity index (χ0n) is 13.9. The molecular weight excluding hydrogens is 304 g/mol. The number of aryl methyl sites for hydroxylation is 2. The Morgan fingerprint density at radius 1 is 1.25 bits per heavy atom. The largest absolute Gasteiger partial charge is 0.324 e. The minimum atomic E-state index is -0.0843. The monoisotopic (exact) mass is 326 g/mol. The molecule has 2 amide bonds. The van der Waals surface area contributed by atoms with E-state index in [9.17, 15) is 4.79 Å². The van der Waals surface area contributed by atoms with Crippen molar-refractivity contribution >= 4 is 11.8 Å². The number of aromatic nitrogens is 4. The second kappa shape index (κ2) is 6.22. The topological polar surface area (TPSA) is 75.9 Å². The van der Waals surface area contributed by atoms with Crippen LogP contribution in [0.5, 0.6) is 0 Å². The maximum atomic E-state index is 12.6. The maximum Gasteiger partial charge on any atom is 0.323 e. The number of nitrogens with one attached hydrogen (secondary N) is 1. The molecule has 0 spiro atoms. The highest BCUT2D eigenvalue weighted by Gasteiger charge is 2.30. The van der Waals surface area contributed by atoms with Crippen molar-refractivity contribution in [2.45, 2.75) is 45.1 Å². The molecule has 1 saturated heterocycles. The lowest BCUT2D eigenvalue weighted by atomic mass is 9.97. The third kappa shape index (κ3) is 2.86. The van der Waals surface area contributed by atoms with Crippen molar-refractivity contribution in [3.63, 3.8) is 0 Å². The average molecular weight is 326 g/mol. The number of fused-ring (bicyclic) bond motifs is 1. The minimum Gasteiger partial charge on any atom is -0.324 e. The summed E-state index contributed by atoms with van der Waals surface area (Å²) < 4.78 is 2.24. The number of amides is 2. The number of carbonyl (C=O) groups is 1. The first-order valence-corrected chi connectivity index (χ1v) is 8.62. The predicted molar refractivity (Wildman–Crippen MR) is 89.9 cm³/mol. The van der Waals surface area contributed by atoms with Crippen LogP contribution in [0.4, 0.5) is 10.6 Å². The zero-order valence-corrected chi connectivity index (χ0v) is 13.9. The lowest BCUT2D eigenvalue weighted by Crippen LogP contribution is -2.42. The maximum absolute atomic E-state index is 12.6. The summed E-state index contributed by atoms with van der Waals surface area (Å²) in [6.07, 6.45) is 4.21. The summed E-state index contributed by atoms with van der Waals surface area (Å²) in [6, 6.07) is 5.55. The van der Waals surface area contributed by atoms with Gasteiger partial charge < -0.3 is 9.47 Å². The second-order valence-electron chi connectivity index (χ2n) is 6.61. The number of hydrogen-bond acceptors (Lipinski definition) is 4. The van der Waals surface area contributed by atoms with E-state index in [1.54, 1.807) is 0 Å². The van der Waals surface area contributed by atoms with Gasteiger partial charge in [0.1, 0.15) is 17.5 Å². The van der Waals surface area contributed by atoms with Gasteiger partial charge in [0, 0.05) is 37.7 Å². The van der Waals surface area contributed by atoms with Gasteiger partial charge in [-0.15, -0.1) is 10.2 Å². The normalized spacial score (nSPS) is 20.0. The Labute approximate surface area is 141 Å². The molecule has 0 aliphatic carbocycles. The van der Waals surface area contributed by atoms with Gasteiger partial charge in [-0.3, -0.25) is 5.32 Å². The van der Waals surface area contributed by atoms with Crippen molar-refractivity contribution < 1.29 is 4.79 Å². The standard InChI is InChI=1S/C17H22N6O/c1-12-5-2-7-14(18-12)19-17(24)22-9-3-6-13(11-22)16-21-20-15-8-4-10-23(15)16/h2,5,7,13H,3-4,6,8-11H2,1H3,(H,18,19,24)/t13-/m1/s1. The van der Waals surface area contributed by atoms with Crippen LogP contribution in [0.3, 0.4) is 0 Å². The predicted octanol–water partition coefficient (Wildman–Crippen LogP) is 2.34. The van der Waals surface area contributed by atoms with Gasteiger partial charge in [-0.25, -0.2) is 9.78 Å². The van der Waals surface area contributed by atoms with E-state index in [1.165, 1.54) is 0 Å². The summed E-state index contributed by atoms with van der Waals surface area (Å²) in [4.78, 5) is 18.8. The highest BCUT2D eigenvalue weighted by Crippen LogP contribution is 2.28. The molecule has 1 N–H and O–H groups in total. The number of likely N-dealkylation sites (tertiary alicyclic amines) is 1. The van der Waals surface area contributed by atoms with Gasteiger partial charge in [-0.2, -0.15) is 0 Å². The molecule has 0 unspecified atom stereocenters. The highest BCUT2D eigenvalue weighted by atomic mass is 16.2. The Bertz CT molecular complexity index is 755. The number of hydrogen-bond donors (Lipinski definition) is 1. The van der Waals surface area contributed by atoms with E-state index in [1.807, 2.05) is 30.0 Å². The fourth-order valence-corrected chi connectivity index (χ4v) is 3.65. The smallest absolute Gasteiger partial charge is 0.323 e. The van der Waals surface area contributed by atoms with Crippen molar-refractivity contribution in [2.24, 2.45) is 0 Å². The molecule has 7 heteroatoms. The summed E-state index contributed by atoms with van der Waals surface area (Å²) in [5.74, 6) is 3.02. The van der Waals surface area contributed by atoms with Crippen LogP contribution in [-0.4, -0.2) is 43.8 Å². The molecule has 2 aromatic heterocycles. The Hall–Kier alpha value is -2.44. The van der Waals surface area contributed by atoms with Crippen LogP contribution >= 0.6 is 0 Å². The number of carbonyl (C=O) groups excluding carboxylic acids is 1. The number of rotatable bonds is 2. The fourth-order valence-electron chi connectivity index (χ4n) is 3.65. The van der Waals surface area contributed by atoms with E-state index in [0.717, 1.165) is 56.1 Å². The molecule has 2 aliphatic rings. The third-order valence-corrected chi connectivity index (χ3v) is 4.84. The molecule has 0 radical (unpaired) electrons. The van der Waals surface area contributed by atoms with E-state index in [0.29, 0.717) is 12.4 Å². The van der Waals surface area contributed by atoms with Gasteiger partial charge in [0.05, 0.1) is 0 Å². The first kappa shape index (κ1) is 15.1. The quantitative estimate of drug-likeness (QED) is 0.919.